The van der Waals surface area contributed by atoms with Crippen LogP contribution >= 0.6 is 15.9 Å². The van der Waals surface area contributed by atoms with Crippen LogP contribution in [0.15, 0.2) is 40.9 Å². The monoisotopic (exact) mass is 390 g/mol. The van der Waals surface area contributed by atoms with E-state index in [2.05, 4.69) is 26.6 Å². The van der Waals surface area contributed by atoms with Crippen molar-refractivity contribution in [1.29, 1.82) is 0 Å². The molecule has 5 nitrogen and oxygen atoms in total. The first kappa shape index (κ1) is 18.0. The summed E-state index contributed by atoms with van der Waals surface area (Å²) in [6.07, 6.45) is -0.272. The Bertz CT molecular complexity index is 775. The van der Waals surface area contributed by atoms with Gasteiger partial charge in [-0.15, -0.1) is 0 Å². The van der Waals surface area contributed by atoms with Crippen LogP contribution < -0.4 is 15.4 Å². The van der Waals surface area contributed by atoms with Crippen molar-refractivity contribution >= 4 is 39.1 Å². The lowest BCUT2D eigenvalue weighted by molar-refractivity contribution is -0.123. The molecule has 0 atom stereocenters. The molecule has 2 aromatic carbocycles. The van der Waals surface area contributed by atoms with Crippen LogP contribution in [0.2, 0.25) is 0 Å². The second-order valence-electron chi connectivity index (χ2n) is 5.44. The van der Waals surface area contributed by atoms with Crippen molar-refractivity contribution in [3.8, 4) is 5.75 Å². The van der Waals surface area contributed by atoms with Crippen molar-refractivity contribution in [3.63, 3.8) is 0 Å². The molecule has 126 valence electrons. The van der Waals surface area contributed by atoms with Crippen LogP contribution in [0, 0.1) is 13.8 Å². The molecule has 0 aromatic heterocycles. The summed E-state index contributed by atoms with van der Waals surface area (Å²) in [4.78, 5) is 24.1. The maximum Gasteiger partial charge on any atom is 0.233 e. The number of hydrogen-bond donors (Lipinski definition) is 2. The smallest absolute Gasteiger partial charge is 0.233 e. The van der Waals surface area contributed by atoms with Crippen LogP contribution in [0.3, 0.4) is 0 Å². The summed E-state index contributed by atoms with van der Waals surface area (Å²) >= 11 is 3.40. The van der Waals surface area contributed by atoms with Crippen molar-refractivity contribution < 1.29 is 14.3 Å². The van der Waals surface area contributed by atoms with Gasteiger partial charge in [-0.1, -0.05) is 22.0 Å². The van der Waals surface area contributed by atoms with E-state index in [4.69, 9.17) is 4.74 Å². The van der Waals surface area contributed by atoms with E-state index in [0.29, 0.717) is 17.1 Å². The largest absolute Gasteiger partial charge is 0.495 e. The van der Waals surface area contributed by atoms with Gasteiger partial charge in [-0.25, -0.2) is 0 Å². The number of nitrogens with one attached hydrogen (secondary N) is 2. The molecule has 0 radical (unpaired) electrons. The topological polar surface area (TPSA) is 67.4 Å². The van der Waals surface area contributed by atoms with Crippen molar-refractivity contribution in [2.45, 2.75) is 20.3 Å². The second kappa shape index (κ2) is 7.97. The van der Waals surface area contributed by atoms with E-state index < -0.39 is 5.91 Å². The summed E-state index contributed by atoms with van der Waals surface area (Å²) in [6, 6.07) is 10.9. The van der Waals surface area contributed by atoms with Crippen molar-refractivity contribution in [1.82, 2.24) is 0 Å². The zero-order chi connectivity index (χ0) is 17.7. The van der Waals surface area contributed by atoms with Gasteiger partial charge in [0.2, 0.25) is 11.8 Å². The van der Waals surface area contributed by atoms with Gasteiger partial charge in [0.05, 0.1) is 12.8 Å². The Balaban J connectivity index is 1.98. The minimum Gasteiger partial charge on any atom is -0.495 e. The first-order chi connectivity index (χ1) is 11.4. The second-order valence-corrected chi connectivity index (χ2v) is 6.30. The molecule has 0 bridgehead atoms. The molecule has 0 spiro atoms. The Morgan fingerprint density at radius 1 is 1.04 bits per heavy atom. The number of carbonyl (C=O) groups excluding carboxylic acids is 2. The number of ether oxygens (including phenoxy) is 1. The van der Waals surface area contributed by atoms with E-state index in [1.807, 2.05) is 32.0 Å². The predicted molar refractivity (Wildman–Crippen MR) is 98.5 cm³/mol. The molecule has 2 rings (SSSR count). The summed E-state index contributed by atoms with van der Waals surface area (Å²) in [5, 5.41) is 5.42. The van der Waals surface area contributed by atoms with Crippen LogP contribution in [0.25, 0.3) is 0 Å². The Kier molecular flexibility index (Phi) is 5.98. The van der Waals surface area contributed by atoms with Gasteiger partial charge in [0.25, 0.3) is 0 Å². The lowest BCUT2D eigenvalue weighted by Gasteiger charge is -2.11. The molecular formula is C18H19BrN2O3. The minimum absolute atomic E-state index is 0.272. The van der Waals surface area contributed by atoms with Gasteiger partial charge in [0.15, 0.2) is 0 Å². The number of aryl methyl sites for hydroxylation is 2. The maximum atomic E-state index is 12.1. The third-order valence-electron chi connectivity index (χ3n) is 3.39. The summed E-state index contributed by atoms with van der Waals surface area (Å²) in [5.41, 5.74) is 3.19. The Hall–Kier alpha value is -2.34. The highest BCUT2D eigenvalue weighted by Crippen LogP contribution is 2.25. The fraction of sp³-hybridized carbons (Fsp3) is 0.222. The third kappa shape index (κ3) is 4.83. The molecule has 0 aliphatic heterocycles. The molecule has 0 heterocycles. The zero-order valence-corrected chi connectivity index (χ0v) is 15.4. The SMILES string of the molecule is COc1ccc(C)cc1NC(=O)CC(=O)Nc1ccc(Br)c(C)c1. The van der Waals surface area contributed by atoms with Crippen molar-refractivity contribution in [3.05, 3.63) is 52.0 Å². The molecule has 0 aliphatic carbocycles. The quantitative estimate of drug-likeness (QED) is 0.756. The number of carbonyl (C=O) groups is 2. The summed E-state index contributed by atoms with van der Waals surface area (Å²) in [6.45, 7) is 3.84. The number of anilines is 2. The molecule has 2 amide bonds. The van der Waals surface area contributed by atoms with E-state index in [-0.39, 0.29) is 12.3 Å². The number of amides is 2. The van der Waals surface area contributed by atoms with Gasteiger partial charge in [-0.05, 0) is 55.3 Å². The van der Waals surface area contributed by atoms with E-state index in [1.54, 1.807) is 18.2 Å². The number of halogens is 1. The van der Waals surface area contributed by atoms with Gasteiger partial charge in [0.1, 0.15) is 12.2 Å². The average molecular weight is 391 g/mol. The highest BCUT2D eigenvalue weighted by molar-refractivity contribution is 9.10. The first-order valence-corrected chi connectivity index (χ1v) is 8.19. The molecule has 0 aliphatic rings. The number of rotatable bonds is 5. The average Bonchev–Trinajstić information content (AvgIpc) is 2.51. The van der Waals surface area contributed by atoms with Crippen molar-refractivity contribution in [2.24, 2.45) is 0 Å². The van der Waals surface area contributed by atoms with Gasteiger partial charge in [0, 0.05) is 10.2 Å². The summed E-state index contributed by atoms with van der Waals surface area (Å²) in [5.74, 6) is -0.219. The van der Waals surface area contributed by atoms with E-state index >= 15 is 0 Å². The van der Waals surface area contributed by atoms with Gasteiger partial charge >= 0.3 is 0 Å². The predicted octanol–water partition coefficient (Wildman–Crippen LogP) is 4.04. The van der Waals surface area contributed by atoms with Crippen molar-refractivity contribution in [2.75, 3.05) is 17.7 Å². The third-order valence-corrected chi connectivity index (χ3v) is 4.28. The lowest BCUT2D eigenvalue weighted by atomic mass is 10.2. The highest BCUT2D eigenvalue weighted by atomic mass is 79.9. The van der Waals surface area contributed by atoms with Gasteiger partial charge in [-0.3, -0.25) is 9.59 Å². The Morgan fingerprint density at radius 2 is 1.75 bits per heavy atom. The lowest BCUT2D eigenvalue weighted by Crippen LogP contribution is -2.21. The molecule has 6 heteroatoms. The van der Waals surface area contributed by atoms with E-state index in [0.717, 1.165) is 15.6 Å². The minimum atomic E-state index is -0.398. The fourth-order valence-corrected chi connectivity index (χ4v) is 2.43. The normalized spacial score (nSPS) is 10.2. The molecule has 0 fully saturated rings. The van der Waals surface area contributed by atoms with Gasteiger partial charge in [-0.2, -0.15) is 0 Å². The van der Waals surface area contributed by atoms with Gasteiger partial charge < -0.3 is 15.4 Å². The molecule has 2 N–H and O–H groups in total. The highest BCUT2D eigenvalue weighted by Gasteiger charge is 2.13. The summed E-state index contributed by atoms with van der Waals surface area (Å²) in [7, 11) is 1.53. The molecule has 0 saturated heterocycles. The van der Waals surface area contributed by atoms with E-state index in [9.17, 15) is 9.59 Å². The van der Waals surface area contributed by atoms with E-state index in [1.165, 1.54) is 7.11 Å². The first-order valence-electron chi connectivity index (χ1n) is 7.39. The fourth-order valence-electron chi connectivity index (χ4n) is 2.19. The molecular weight excluding hydrogens is 372 g/mol. The molecule has 0 saturated carbocycles. The number of hydrogen-bond acceptors (Lipinski definition) is 3. The van der Waals surface area contributed by atoms with Crippen LogP contribution in [-0.2, 0) is 9.59 Å². The molecule has 24 heavy (non-hydrogen) atoms. The number of benzene rings is 2. The summed E-state index contributed by atoms with van der Waals surface area (Å²) < 4.78 is 6.17. The zero-order valence-electron chi connectivity index (χ0n) is 13.8. The van der Waals surface area contributed by atoms with Crippen LogP contribution in [0.4, 0.5) is 11.4 Å². The Morgan fingerprint density at radius 3 is 2.42 bits per heavy atom. The number of methoxy groups -OCH3 is 1. The van der Waals surface area contributed by atoms with Crippen LogP contribution in [0.1, 0.15) is 17.5 Å². The Labute approximate surface area is 149 Å². The molecule has 0 unspecified atom stereocenters. The van der Waals surface area contributed by atoms with Crippen LogP contribution in [-0.4, -0.2) is 18.9 Å². The molecule has 2 aromatic rings. The van der Waals surface area contributed by atoms with Crippen LogP contribution in [0.5, 0.6) is 5.75 Å². The standard InChI is InChI=1S/C18H19BrN2O3/c1-11-4-7-16(24-3)15(8-11)21-18(23)10-17(22)20-13-5-6-14(19)12(2)9-13/h4-9H,10H2,1-3H3,(H,20,22)(H,21,23). The maximum absolute atomic E-state index is 12.1.